The average Bonchev–Trinajstić information content (AvgIpc) is 2.47. The molecule has 1 aromatic carbocycles. The smallest absolute Gasteiger partial charge is 0.0914 e. The fourth-order valence-electron chi connectivity index (χ4n) is 2.18. The van der Waals surface area contributed by atoms with E-state index in [1.165, 1.54) is 11.1 Å². The number of rotatable bonds is 5. The Morgan fingerprint density at radius 1 is 1.05 bits per heavy atom. The average molecular weight is 284 g/mol. The van der Waals surface area contributed by atoms with Gasteiger partial charge in [-0.1, -0.05) is 45.0 Å². The van der Waals surface area contributed by atoms with Crippen molar-refractivity contribution in [2.75, 3.05) is 6.54 Å². The van der Waals surface area contributed by atoms with Gasteiger partial charge in [0.05, 0.1) is 6.10 Å². The molecule has 2 aromatic rings. The maximum Gasteiger partial charge on any atom is 0.0914 e. The van der Waals surface area contributed by atoms with Crippen LogP contribution in [0.1, 0.15) is 43.6 Å². The standard InChI is InChI=1S/C18H24N2O/c1-18(2,3)16-6-4-15(5-7-16)17(21)13-20-12-14-8-10-19-11-9-14/h4-11,17,20-21H,12-13H2,1-3H3. The van der Waals surface area contributed by atoms with Crippen LogP contribution in [0.15, 0.2) is 48.8 Å². The van der Waals surface area contributed by atoms with Gasteiger partial charge in [-0.2, -0.15) is 0 Å². The molecule has 1 unspecified atom stereocenters. The van der Waals surface area contributed by atoms with Crippen molar-refractivity contribution in [3.8, 4) is 0 Å². The Bertz CT molecular complexity index is 544. The quantitative estimate of drug-likeness (QED) is 0.886. The van der Waals surface area contributed by atoms with Gasteiger partial charge in [0.15, 0.2) is 0 Å². The Hall–Kier alpha value is -1.71. The van der Waals surface area contributed by atoms with Crippen LogP contribution in [0.2, 0.25) is 0 Å². The molecule has 0 bridgehead atoms. The molecule has 1 heterocycles. The number of aliphatic hydroxyl groups excluding tert-OH is 1. The molecule has 2 N–H and O–H groups in total. The number of aliphatic hydroxyl groups is 1. The predicted molar refractivity (Wildman–Crippen MR) is 86.0 cm³/mol. The van der Waals surface area contributed by atoms with Gasteiger partial charge in [-0.05, 0) is 34.2 Å². The van der Waals surface area contributed by atoms with Crippen LogP contribution in [0, 0.1) is 0 Å². The minimum absolute atomic E-state index is 0.142. The minimum atomic E-state index is -0.485. The summed E-state index contributed by atoms with van der Waals surface area (Å²) in [6.07, 6.45) is 3.07. The number of nitrogens with zero attached hydrogens (tertiary/aromatic N) is 1. The van der Waals surface area contributed by atoms with Crippen molar-refractivity contribution in [3.05, 3.63) is 65.5 Å². The SMILES string of the molecule is CC(C)(C)c1ccc(C(O)CNCc2ccncc2)cc1. The van der Waals surface area contributed by atoms with Crippen molar-refractivity contribution in [2.24, 2.45) is 0 Å². The fourth-order valence-corrected chi connectivity index (χ4v) is 2.18. The lowest BCUT2D eigenvalue weighted by atomic mass is 9.86. The summed E-state index contributed by atoms with van der Waals surface area (Å²) in [5, 5.41) is 13.5. The predicted octanol–water partition coefficient (Wildman–Crippen LogP) is 3.20. The van der Waals surface area contributed by atoms with Gasteiger partial charge >= 0.3 is 0 Å². The van der Waals surface area contributed by atoms with Crippen LogP contribution in [0.5, 0.6) is 0 Å². The molecular weight excluding hydrogens is 260 g/mol. The third kappa shape index (κ3) is 4.66. The van der Waals surface area contributed by atoms with E-state index in [4.69, 9.17) is 0 Å². The van der Waals surface area contributed by atoms with Crippen molar-refractivity contribution in [3.63, 3.8) is 0 Å². The Morgan fingerprint density at radius 2 is 1.67 bits per heavy atom. The van der Waals surface area contributed by atoms with E-state index in [-0.39, 0.29) is 5.41 Å². The first-order chi connectivity index (χ1) is 9.97. The van der Waals surface area contributed by atoms with Gasteiger partial charge in [-0.3, -0.25) is 4.98 Å². The largest absolute Gasteiger partial charge is 0.387 e. The summed E-state index contributed by atoms with van der Waals surface area (Å²) in [7, 11) is 0. The second-order valence-corrected chi connectivity index (χ2v) is 6.37. The van der Waals surface area contributed by atoms with Crippen LogP contribution in [0.3, 0.4) is 0 Å². The highest BCUT2D eigenvalue weighted by Gasteiger charge is 2.14. The second kappa shape index (κ2) is 6.83. The lowest BCUT2D eigenvalue weighted by Crippen LogP contribution is -2.21. The maximum atomic E-state index is 10.2. The third-order valence-electron chi connectivity index (χ3n) is 3.58. The summed E-state index contributed by atoms with van der Waals surface area (Å²) in [6, 6.07) is 12.2. The van der Waals surface area contributed by atoms with E-state index in [0.717, 1.165) is 12.1 Å². The lowest BCUT2D eigenvalue weighted by Gasteiger charge is -2.20. The van der Waals surface area contributed by atoms with Crippen LogP contribution in [-0.2, 0) is 12.0 Å². The molecule has 0 fully saturated rings. The van der Waals surface area contributed by atoms with Crippen LogP contribution >= 0.6 is 0 Å². The zero-order chi connectivity index (χ0) is 15.3. The van der Waals surface area contributed by atoms with Gasteiger partial charge in [0.2, 0.25) is 0 Å². The number of hydrogen-bond acceptors (Lipinski definition) is 3. The van der Waals surface area contributed by atoms with Crippen molar-refractivity contribution in [1.29, 1.82) is 0 Å². The molecule has 0 aliphatic rings. The molecule has 0 spiro atoms. The van der Waals surface area contributed by atoms with Crippen LogP contribution < -0.4 is 5.32 Å². The Morgan fingerprint density at radius 3 is 2.24 bits per heavy atom. The molecule has 0 radical (unpaired) electrons. The number of aromatic nitrogens is 1. The Kier molecular flexibility index (Phi) is 5.10. The molecule has 3 heteroatoms. The summed E-state index contributed by atoms with van der Waals surface area (Å²) in [6.45, 7) is 7.84. The molecule has 1 atom stereocenters. The summed E-state index contributed by atoms with van der Waals surface area (Å²) in [5.74, 6) is 0. The molecule has 0 saturated carbocycles. The van der Waals surface area contributed by atoms with Crippen LogP contribution in [0.25, 0.3) is 0 Å². The molecule has 1 aromatic heterocycles. The zero-order valence-corrected chi connectivity index (χ0v) is 13.0. The zero-order valence-electron chi connectivity index (χ0n) is 13.0. The molecule has 3 nitrogen and oxygen atoms in total. The highest BCUT2D eigenvalue weighted by Crippen LogP contribution is 2.23. The van der Waals surface area contributed by atoms with Gasteiger partial charge in [0.25, 0.3) is 0 Å². The summed E-state index contributed by atoms with van der Waals surface area (Å²) < 4.78 is 0. The lowest BCUT2D eigenvalue weighted by molar-refractivity contribution is 0.174. The van der Waals surface area contributed by atoms with E-state index < -0.39 is 6.10 Å². The molecule has 0 amide bonds. The van der Waals surface area contributed by atoms with E-state index in [9.17, 15) is 5.11 Å². The molecule has 0 aliphatic heterocycles. The van der Waals surface area contributed by atoms with E-state index in [1.807, 2.05) is 24.3 Å². The normalized spacial score (nSPS) is 13.1. The van der Waals surface area contributed by atoms with Crippen molar-refractivity contribution < 1.29 is 5.11 Å². The molecule has 2 rings (SSSR count). The molecule has 0 saturated heterocycles. The van der Waals surface area contributed by atoms with E-state index in [0.29, 0.717) is 6.54 Å². The van der Waals surface area contributed by atoms with Crippen LogP contribution in [-0.4, -0.2) is 16.6 Å². The van der Waals surface area contributed by atoms with E-state index in [2.05, 4.69) is 43.2 Å². The van der Waals surface area contributed by atoms with E-state index in [1.54, 1.807) is 12.4 Å². The summed E-state index contributed by atoms with van der Waals surface area (Å²) >= 11 is 0. The minimum Gasteiger partial charge on any atom is -0.387 e. The molecule has 0 aliphatic carbocycles. The van der Waals surface area contributed by atoms with Gasteiger partial charge in [-0.15, -0.1) is 0 Å². The molecular formula is C18H24N2O. The van der Waals surface area contributed by atoms with E-state index >= 15 is 0 Å². The third-order valence-corrected chi connectivity index (χ3v) is 3.58. The Labute approximate surface area is 127 Å². The Balaban J connectivity index is 1.87. The highest BCUT2D eigenvalue weighted by atomic mass is 16.3. The monoisotopic (exact) mass is 284 g/mol. The number of pyridine rings is 1. The number of benzene rings is 1. The number of nitrogens with one attached hydrogen (secondary N) is 1. The first kappa shape index (κ1) is 15.7. The molecule has 112 valence electrons. The fraction of sp³-hybridized carbons (Fsp3) is 0.389. The first-order valence-electron chi connectivity index (χ1n) is 7.35. The highest BCUT2D eigenvalue weighted by molar-refractivity contribution is 5.28. The first-order valence-corrected chi connectivity index (χ1v) is 7.35. The van der Waals surface area contributed by atoms with Gasteiger partial charge < -0.3 is 10.4 Å². The summed E-state index contributed by atoms with van der Waals surface area (Å²) in [4.78, 5) is 3.99. The van der Waals surface area contributed by atoms with Gasteiger partial charge in [-0.25, -0.2) is 0 Å². The maximum absolute atomic E-state index is 10.2. The van der Waals surface area contributed by atoms with Crippen molar-refractivity contribution >= 4 is 0 Å². The molecule has 21 heavy (non-hydrogen) atoms. The van der Waals surface area contributed by atoms with Gasteiger partial charge in [0.1, 0.15) is 0 Å². The van der Waals surface area contributed by atoms with Crippen molar-refractivity contribution in [1.82, 2.24) is 10.3 Å². The number of hydrogen-bond donors (Lipinski definition) is 2. The van der Waals surface area contributed by atoms with Gasteiger partial charge in [0, 0.05) is 25.5 Å². The van der Waals surface area contributed by atoms with Crippen LogP contribution in [0.4, 0.5) is 0 Å². The second-order valence-electron chi connectivity index (χ2n) is 6.37. The summed E-state index contributed by atoms with van der Waals surface area (Å²) in [5.41, 5.74) is 3.54. The topological polar surface area (TPSA) is 45.1 Å². The van der Waals surface area contributed by atoms with Crippen molar-refractivity contribution in [2.45, 2.75) is 38.8 Å².